The summed E-state index contributed by atoms with van der Waals surface area (Å²) in [5.41, 5.74) is 0.397. The average molecular weight is 342 g/mol. The largest absolute Gasteiger partial charge is 0.496 e. The number of methoxy groups -OCH3 is 1. The molecule has 0 saturated heterocycles. The van der Waals surface area contributed by atoms with Crippen molar-refractivity contribution in [3.8, 4) is 5.75 Å². The molecule has 0 saturated carbocycles. The molecule has 2 rings (SSSR count). The minimum absolute atomic E-state index is 0.306. The number of ether oxygens (including phenoxy) is 1. The van der Waals surface area contributed by atoms with Crippen LogP contribution in [0.1, 0.15) is 10.4 Å². The molecule has 1 aromatic heterocycles. The van der Waals surface area contributed by atoms with E-state index in [4.69, 9.17) is 16.3 Å². The smallest absolute Gasteiger partial charge is 0.260 e. The Morgan fingerprint density at radius 3 is 2.84 bits per heavy atom. The van der Waals surface area contributed by atoms with Crippen LogP contribution >= 0.6 is 27.5 Å². The number of rotatable bonds is 3. The summed E-state index contributed by atoms with van der Waals surface area (Å²) in [6.45, 7) is 0. The zero-order valence-electron chi connectivity index (χ0n) is 9.98. The van der Waals surface area contributed by atoms with Crippen molar-refractivity contribution in [1.29, 1.82) is 0 Å². The number of benzene rings is 1. The first kappa shape index (κ1) is 13.8. The lowest BCUT2D eigenvalue weighted by Gasteiger charge is -2.09. The van der Waals surface area contributed by atoms with Crippen molar-refractivity contribution in [2.24, 2.45) is 0 Å². The highest BCUT2D eigenvalue weighted by molar-refractivity contribution is 9.10. The molecule has 19 heavy (non-hydrogen) atoms. The Kier molecular flexibility index (Phi) is 4.39. The number of aromatic nitrogens is 1. The minimum atomic E-state index is -0.306. The summed E-state index contributed by atoms with van der Waals surface area (Å²) < 4.78 is 5.97. The van der Waals surface area contributed by atoms with Crippen molar-refractivity contribution in [2.75, 3.05) is 12.4 Å². The van der Waals surface area contributed by atoms with Crippen LogP contribution in [0.25, 0.3) is 0 Å². The second-order valence-corrected chi connectivity index (χ2v) is 5.01. The first-order valence-electron chi connectivity index (χ1n) is 5.36. The molecule has 6 heteroatoms. The predicted octanol–water partition coefficient (Wildman–Crippen LogP) is 3.76. The number of nitrogens with zero attached hydrogens (tertiary/aromatic N) is 1. The van der Waals surface area contributed by atoms with Gasteiger partial charge in [0.1, 0.15) is 11.6 Å². The van der Waals surface area contributed by atoms with Gasteiger partial charge in [0, 0.05) is 15.7 Å². The molecule has 0 fully saturated rings. The molecule has 1 heterocycles. The standard InChI is InChI=1S/C13H10BrClN2O2/c1-19-11-7-9(15)2-3-10(11)13(18)17-12-6-8(14)4-5-16-12/h2-7H,1H3,(H,16,17,18). The van der Waals surface area contributed by atoms with E-state index in [2.05, 4.69) is 26.2 Å². The van der Waals surface area contributed by atoms with Gasteiger partial charge in [0.25, 0.3) is 5.91 Å². The van der Waals surface area contributed by atoms with Crippen molar-refractivity contribution >= 4 is 39.3 Å². The highest BCUT2D eigenvalue weighted by atomic mass is 79.9. The summed E-state index contributed by atoms with van der Waals surface area (Å²) in [6.07, 6.45) is 1.60. The van der Waals surface area contributed by atoms with Crippen LogP contribution in [0.2, 0.25) is 5.02 Å². The summed E-state index contributed by atoms with van der Waals surface area (Å²) in [7, 11) is 1.49. The van der Waals surface area contributed by atoms with E-state index in [1.807, 2.05) is 0 Å². The number of anilines is 1. The third-order valence-electron chi connectivity index (χ3n) is 2.37. The summed E-state index contributed by atoms with van der Waals surface area (Å²) in [5.74, 6) is 0.565. The van der Waals surface area contributed by atoms with Crippen LogP contribution in [0.15, 0.2) is 41.0 Å². The summed E-state index contributed by atoms with van der Waals surface area (Å²) in [4.78, 5) is 16.2. The van der Waals surface area contributed by atoms with Gasteiger partial charge in [-0.05, 0) is 30.3 Å². The van der Waals surface area contributed by atoms with Crippen molar-refractivity contribution in [3.05, 3.63) is 51.6 Å². The first-order chi connectivity index (χ1) is 9.10. The van der Waals surface area contributed by atoms with Crippen molar-refractivity contribution in [2.45, 2.75) is 0 Å². The lowest BCUT2D eigenvalue weighted by Crippen LogP contribution is -2.14. The van der Waals surface area contributed by atoms with Gasteiger partial charge >= 0.3 is 0 Å². The van der Waals surface area contributed by atoms with E-state index in [1.165, 1.54) is 7.11 Å². The topological polar surface area (TPSA) is 51.2 Å². The fourth-order valence-corrected chi connectivity index (χ4v) is 2.01. The van der Waals surface area contributed by atoms with Crippen LogP contribution in [0.4, 0.5) is 5.82 Å². The van der Waals surface area contributed by atoms with Crippen LogP contribution in [-0.4, -0.2) is 18.0 Å². The maximum atomic E-state index is 12.1. The average Bonchev–Trinajstić information content (AvgIpc) is 2.38. The fourth-order valence-electron chi connectivity index (χ4n) is 1.51. The maximum Gasteiger partial charge on any atom is 0.260 e. The van der Waals surface area contributed by atoms with E-state index in [1.54, 1.807) is 36.5 Å². The van der Waals surface area contributed by atoms with Gasteiger partial charge in [0.05, 0.1) is 12.7 Å². The number of pyridine rings is 1. The van der Waals surface area contributed by atoms with Crippen molar-refractivity contribution in [3.63, 3.8) is 0 Å². The molecule has 0 bridgehead atoms. The molecule has 0 aliphatic rings. The van der Waals surface area contributed by atoms with Gasteiger partial charge in [-0.3, -0.25) is 4.79 Å². The number of hydrogen-bond donors (Lipinski definition) is 1. The molecule has 98 valence electrons. The molecule has 4 nitrogen and oxygen atoms in total. The number of amides is 1. The number of hydrogen-bond acceptors (Lipinski definition) is 3. The van der Waals surface area contributed by atoms with Gasteiger partial charge in [0.2, 0.25) is 0 Å². The molecule has 1 amide bonds. The van der Waals surface area contributed by atoms with Gasteiger partial charge in [0.15, 0.2) is 0 Å². The molecule has 0 unspecified atom stereocenters. The van der Waals surface area contributed by atoms with Gasteiger partial charge < -0.3 is 10.1 Å². The Balaban J connectivity index is 2.25. The van der Waals surface area contributed by atoms with Gasteiger partial charge in [-0.15, -0.1) is 0 Å². The zero-order chi connectivity index (χ0) is 13.8. The van der Waals surface area contributed by atoms with Crippen molar-refractivity contribution < 1.29 is 9.53 Å². The second-order valence-electron chi connectivity index (χ2n) is 3.66. The second kappa shape index (κ2) is 6.04. The van der Waals surface area contributed by atoms with Crippen LogP contribution in [0.3, 0.4) is 0 Å². The summed E-state index contributed by atoms with van der Waals surface area (Å²) in [5, 5.41) is 3.20. The van der Waals surface area contributed by atoms with Gasteiger partial charge in [-0.2, -0.15) is 0 Å². The Labute approximate surface area is 123 Å². The lowest BCUT2D eigenvalue weighted by atomic mass is 10.2. The summed E-state index contributed by atoms with van der Waals surface area (Å²) in [6, 6.07) is 8.31. The maximum absolute atomic E-state index is 12.1. The molecule has 1 N–H and O–H groups in total. The molecule has 0 spiro atoms. The molecule has 0 aliphatic carbocycles. The number of carbonyl (C=O) groups is 1. The number of carbonyl (C=O) groups excluding carboxylic acids is 1. The molecule has 0 atom stereocenters. The molecule has 2 aromatic rings. The van der Waals surface area contributed by atoms with Gasteiger partial charge in [-0.25, -0.2) is 4.98 Å². The van der Waals surface area contributed by atoms with Crippen LogP contribution in [0.5, 0.6) is 5.75 Å². The first-order valence-corrected chi connectivity index (χ1v) is 6.53. The highest BCUT2D eigenvalue weighted by Crippen LogP contribution is 2.24. The van der Waals surface area contributed by atoms with E-state index >= 15 is 0 Å². The van der Waals surface area contributed by atoms with E-state index in [0.29, 0.717) is 22.2 Å². The normalized spacial score (nSPS) is 10.1. The third-order valence-corrected chi connectivity index (χ3v) is 3.10. The van der Waals surface area contributed by atoms with E-state index in [9.17, 15) is 4.79 Å². The quantitative estimate of drug-likeness (QED) is 0.925. The van der Waals surface area contributed by atoms with Crippen LogP contribution < -0.4 is 10.1 Å². The van der Waals surface area contributed by atoms with Gasteiger partial charge in [-0.1, -0.05) is 27.5 Å². The van der Waals surface area contributed by atoms with E-state index in [-0.39, 0.29) is 5.91 Å². The lowest BCUT2D eigenvalue weighted by molar-refractivity contribution is 0.102. The monoisotopic (exact) mass is 340 g/mol. The molecule has 1 aromatic carbocycles. The molecule has 0 radical (unpaired) electrons. The number of nitrogens with one attached hydrogen (secondary N) is 1. The van der Waals surface area contributed by atoms with E-state index < -0.39 is 0 Å². The van der Waals surface area contributed by atoms with E-state index in [0.717, 1.165) is 4.47 Å². The molecular formula is C13H10BrClN2O2. The molecule has 0 aliphatic heterocycles. The number of halogens is 2. The SMILES string of the molecule is COc1cc(Cl)ccc1C(=O)Nc1cc(Br)ccn1. The Morgan fingerprint density at radius 1 is 1.37 bits per heavy atom. The Bertz CT molecular complexity index is 619. The Hall–Kier alpha value is -1.59. The van der Waals surface area contributed by atoms with Crippen LogP contribution in [0, 0.1) is 0 Å². The minimum Gasteiger partial charge on any atom is -0.496 e. The summed E-state index contributed by atoms with van der Waals surface area (Å²) >= 11 is 9.16. The molecular weight excluding hydrogens is 332 g/mol. The van der Waals surface area contributed by atoms with Crippen LogP contribution in [-0.2, 0) is 0 Å². The predicted molar refractivity (Wildman–Crippen MR) is 77.9 cm³/mol. The zero-order valence-corrected chi connectivity index (χ0v) is 12.3. The van der Waals surface area contributed by atoms with Crippen molar-refractivity contribution in [1.82, 2.24) is 4.98 Å². The highest BCUT2D eigenvalue weighted by Gasteiger charge is 2.13. The third kappa shape index (κ3) is 3.45. The fraction of sp³-hybridized carbons (Fsp3) is 0.0769. The Morgan fingerprint density at radius 2 is 2.16 bits per heavy atom.